The van der Waals surface area contributed by atoms with Gasteiger partial charge in [-0.2, -0.15) is 0 Å². The highest BCUT2D eigenvalue weighted by Gasteiger charge is 2.32. The monoisotopic (exact) mass is 586 g/mol. The molecule has 1 atom stereocenters. The van der Waals surface area contributed by atoms with E-state index >= 15 is 0 Å². The van der Waals surface area contributed by atoms with Gasteiger partial charge in [0.15, 0.2) is 5.78 Å². The predicted octanol–water partition coefficient (Wildman–Crippen LogP) is 5.62. The van der Waals surface area contributed by atoms with Crippen LogP contribution in [0.3, 0.4) is 0 Å². The standard InChI is InChI=1S/C36H46N2O5/c1-36(2,35(41)42-26-33(40)37(3)4)30-19-17-27(18-20-30)32(39)16-11-23-38-24-21-31(22-25-38)43-34(28-12-7-5-8-13-28)29-14-9-6-10-15-29/h5-10,12-15,17-20,31,33-34,40H,11,16,21-26H2,1-4H3. The number of piperidine rings is 1. The van der Waals surface area contributed by atoms with E-state index in [1.807, 2.05) is 24.3 Å². The van der Waals surface area contributed by atoms with Crippen molar-refractivity contribution in [2.75, 3.05) is 40.3 Å². The molecule has 0 spiro atoms. The van der Waals surface area contributed by atoms with Crippen molar-refractivity contribution in [1.82, 2.24) is 9.80 Å². The number of benzene rings is 3. The van der Waals surface area contributed by atoms with Crippen molar-refractivity contribution < 1.29 is 24.2 Å². The molecule has 1 N–H and O–H groups in total. The molecule has 7 heteroatoms. The summed E-state index contributed by atoms with van der Waals surface area (Å²) >= 11 is 0. The first kappa shape index (κ1) is 32.6. The van der Waals surface area contributed by atoms with E-state index in [0.717, 1.165) is 44.5 Å². The van der Waals surface area contributed by atoms with Crippen LogP contribution in [0.15, 0.2) is 84.9 Å². The van der Waals surface area contributed by atoms with E-state index in [1.54, 1.807) is 45.0 Å². The van der Waals surface area contributed by atoms with E-state index in [-0.39, 0.29) is 24.6 Å². The van der Waals surface area contributed by atoms with E-state index < -0.39 is 17.6 Å². The van der Waals surface area contributed by atoms with Crippen LogP contribution in [0, 0.1) is 0 Å². The predicted molar refractivity (Wildman–Crippen MR) is 169 cm³/mol. The molecule has 1 heterocycles. The molecule has 0 aromatic heterocycles. The third-order valence-electron chi connectivity index (χ3n) is 8.34. The summed E-state index contributed by atoms with van der Waals surface area (Å²) in [6.07, 6.45) is 2.49. The number of hydrogen-bond acceptors (Lipinski definition) is 7. The van der Waals surface area contributed by atoms with E-state index in [4.69, 9.17) is 9.47 Å². The Hall–Kier alpha value is -3.36. The number of hydrogen-bond donors (Lipinski definition) is 1. The van der Waals surface area contributed by atoms with Crippen molar-refractivity contribution in [3.05, 3.63) is 107 Å². The van der Waals surface area contributed by atoms with Gasteiger partial charge >= 0.3 is 5.97 Å². The first-order valence-corrected chi connectivity index (χ1v) is 15.3. The lowest BCUT2D eigenvalue weighted by atomic mass is 9.84. The smallest absolute Gasteiger partial charge is 0.316 e. The van der Waals surface area contributed by atoms with Gasteiger partial charge in [0.2, 0.25) is 0 Å². The Balaban J connectivity index is 1.21. The fraction of sp³-hybridized carbons (Fsp3) is 0.444. The molecule has 0 bridgehead atoms. The first-order valence-electron chi connectivity index (χ1n) is 15.3. The molecule has 1 unspecified atom stereocenters. The molecule has 0 amide bonds. The number of likely N-dealkylation sites (tertiary alicyclic amines) is 1. The second kappa shape index (κ2) is 15.4. The van der Waals surface area contributed by atoms with Gasteiger partial charge in [0.1, 0.15) is 18.9 Å². The quantitative estimate of drug-likeness (QED) is 0.149. The van der Waals surface area contributed by atoms with Crippen molar-refractivity contribution in [3.63, 3.8) is 0 Å². The molecular weight excluding hydrogens is 540 g/mol. The zero-order chi connectivity index (χ0) is 30.8. The number of nitrogens with zero attached hydrogens (tertiary/aromatic N) is 2. The summed E-state index contributed by atoms with van der Waals surface area (Å²) in [5.41, 5.74) is 2.86. The molecule has 1 aliphatic rings. The van der Waals surface area contributed by atoms with Crippen molar-refractivity contribution in [2.45, 2.75) is 63.4 Å². The van der Waals surface area contributed by atoms with E-state index in [0.29, 0.717) is 12.0 Å². The van der Waals surface area contributed by atoms with Gasteiger partial charge in [-0.1, -0.05) is 84.9 Å². The first-order chi connectivity index (χ1) is 20.6. The average Bonchev–Trinajstić information content (AvgIpc) is 3.03. The van der Waals surface area contributed by atoms with Gasteiger partial charge in [-0.15, -0.1) is 0 Å². The maximum Gasteiger partial charge on any atom is 0.316 e. The van der Waals surface area contributed by atoms with Crippen LogP contribution >= 0.6 is 0 Å². The largest absolute Gasteiger partial charge is 0.461 e. The maximum absolute atomic E-state index is 12.9. The summed E-state index contributed by atoms with van der Waals surface area (Å²) in [4.78, 5) is 29.6. The zero-order valence-electron chi connectivity index (χ0n) is 25.9. The minimum atomic E-state index is -0.897. The molecule has 7 nitrogen and oxygen atoms in total. The third-order valence-corrected chi connectivity index (χ3v) is 8.34. The molecule has 1 fully saturated rings. The fourth-order valence-electron chi connectivity index (χ4n) is 5.34. The van der Waals surface area contributed by atoms with Gasteiger partial charge in [-0.05, 0) is 70.4 Å². The highest BCUT2D eigenvalue weighted by atomic mass is 16.5. The molecular formula is C36H46N2O5. The summed E-state index contributed by atoms with van der Waals surface area (Å²) in [6.45, 7) is 6.27. The lowest BCUT2D eigenvalue weighted by Gasteiger charge is -2.34. The Morgan fingerprint density at radius 3 is 2.00 bits per heavy atom. The summed E-state index contributed by atoms with van der Waals surface area (Å²) < 4.78 is 12.0. The van der Waals surface area contributed by atoms with Gasteiger partial charge in [-0.3, -0.25) is 14.5 Å². The van der Waals surface area contributed by atoms with Crippen LogP contribution in [0.1, 0.15) is 72.7 Å². The van der Waals surface area contributed by atoms with Gasteiger partial charge in [0.25, 0.3) is 0 Å². The van der Waals surface area contributed by atoms with Crippen molar-refractivity contribution in [3.8, 4) is 0 Å². The van der Waals surface area contributed by atoms with Crippen molar-refractivity contribution in [1.29, 1.82) is 0 Å². The number of carbonyl (C=O) groups excluding carboxylic acids is 2. The van der Waals surface area contributed by atoms with E-state index in [9.17, 15) is 14.7 Å². The lowest BCUT2D eigenvalue weighted by molar-refractivity contribution is -0.155. The van der Waals surface area contributed by atoms with Crippen LogP contribution in [0.2, 0.25) is 0 Å². The molecule has 230 valence electrons. The maximum atomic E-state index is 12.9. The minimum Gasteiger partial charge on any atom is -0.461 e. The van der Waals surface area contributed by atoms with Crippen LogP contribution in [0.4, 0.5) is 0 Å². The fourth-order valence-corrected chi connectivity index (χ4v) is 5.34. The van der Waals surface area contributed by atoms with Crippen molar-refractivity contribution >= 4 is 11.8 Å². The number of esters is 1. The Morgan fingerprint density at radius 2 is 1.47 bits per heavy atom. The van der Waals surface area contributed by atoms with Gasteiger partial charge in [0, 0.05) is 25.1 Å². The number of rotatable bonds is 14. The molecule has 4 rings (SSSR count). The number of aliphatic hydroxyl groups is 1. The molecule has 0 saturated carbocycles. The summed E-state index contributed by atoms with van der Waals surface area (Å²) in [5.74, 6) is -0.315. The number of aliphatic hydroxyl groups excluding tert-OH is 1. The van der Waals surface area contributed by atoms with Crippen LogP contribution in [-0.4, -0.2) is 79.3 Å². The second-order valence-corrected chi connectivity index (χ2v) is 12.2. The lowest BCUT2D eigenvalue weighted by Crippen LogP contribution is -2.38. The average molecular weight is 587 g/mol. The molecule has 3 aromatic carbocycles. The van der Waals surface area contributed by atoms with Crippen LogP contribution in [0.25, 0.3) is 0 Å². The molecule has 43 heavy (non-hydrogen) atoms. The summed E-state index contributed by atoms with van der Waals surface area (Å²) in [7, 11) is 3.43. The summed E-state index contributed by atoms with van der Waals surface area (Å²) in [5, 5.41) is 9.89. The van der Waals surface area contributed by atoms with Gasteiger partial charge in [-0.25, -0.2) is 0 Å². The Labute approximate surface area is 256 Å². The Kier molecular flexibility index (Phi) is 11.7. The van der Waals surface area contributed by atoms with E-state index in [1.165, 1.54) is 11.1 Å². The minimum absolute atomic E-state index is 0.0739. The summed E-state index contributed by atoms with van der Waals surface area (Å²) in [6, 6.07) is 28.1. The number of ketones is 1. The van der Waals surface area contributed by atoms with Gasteiger partial charge in [0.05, 0.1) is 11.5 Å². The Bertz CT molecular complexity index is 1250. The molecule has 1 aliphatic heterocycles. The van der Waals surface area contributed by atoms with Crippen LogP contribution < -0.4 is 0 Å². The van der Waals surface area contributed by atoms with Crippen molar-refractivity contribution in [2.24, 2.45) is 0 Å². The highest BCUT2D eigenvalue weighted by Crippen LogP contribution is 2.30. The number of carbonyl (C=O) groups is 2. The SMILES string of the molecule is CN(C)C(O)COC(=O)C(C)(C)c1ccc(C(=O)CCCN2CCC(OC(c3ccccc3)c3ccccc3)CC2)cc1. The normalized spacial score (nSPS) is 15.5. The van der Waals surface area contributed by atoms with Gasteiger partial charge < -0.3 is 19.5 Å². The van der Waals surface area contributed by atoms with Crippen LogP contribution in [0.5, 0.6) is 0 Å². The third kappa shape index (κ3) is 9.07. The molecule has 0 aliphatic carbocycles. The number of ether oxygens (including phenoxy) is 2. The Morgan fingerprint density at radius 1 is 0.907 bits per heavy atom. The van der Waals surface area contributed by atoms with E-state index in [2.05, 4.69) is 53.4 Å². The van der Waals surface area contributed by atoms with Crippen LogP contribution in [-0.2, 0) is 19.7 Å². The molecule has 0 radical (unpaired) electrons. The second-order valence-electron chi connectivity index (χ2n) is 12.2. The molecule has 1 saturated heterocycles. The topological polar surface area (TPSA) is 79.3 Å². The zero-order valence-corrected chi connectivity index (χ0v) is 25.9. The number of likely N-dealkylation sites (N-methyl/N-ethyl adjacent to an activating group) is 1. The number of Topliss-reactive ketones (excluding diaryl/α,β-unsaturated/α-hetero) is 1. The highest BCUT2D eigenvalue weighted by molar-refractivity contribution is 5.96. The molecule has 3 aromatic rings.